The lowest BCUT2D eigenvalue weighted by molar-refractivity contribution is 0.0741. The van der Waals surface area contributed by atoms with Gasteiger partial charge < -0.3 is 20.7 Å². The van der Waals surface area contributed by atoms with E-state index in [1.165, 1.54) is 6.20 Å². The van der Waals surface area contributed by atoms with Gasteiger partial charge in [-0.3, -0.25) is 14.6 Å². The Kier molecular flexibility index (Phi) is 6.87. The third-order valence-electron chi connectivity index (χ3n) is 4.87. The van der Waals surface area contributed by atoms with Gasteiger partial charge in [0.2, 0.25) is 0 Å². The van der Waals surface area contributed by atoms with Crippen LogP contribution < -0.4 is 11.1 Å². The summed E-state index contributed by atoms with van der Waals surface area (Å²) in [7, 11) is 0. The van der Waals surface area contributed by atoms with Crippen molar-refractivity contribution in [1.82, 2.24) is 9.88 Å². The van der Waals surface area contributed by atoms with E-state index in [0.717, 1.165) is 17.3 Å². The molecular formula is C22H23ClN4O3. The van der Waals surface area contributed by atoms with Crippen LogP contribution in [-0.2, 0) is 4.74 Å². The highest BCUT2D eigenvalue weighted by molar-refractivity contribution is 6.06. The lowest BCUT2D eigenvalue weighted by Crippen LogP contribution is -2.33. The predicted molar refractivity (Wildman–Crippen MR) is 119 cm³/mol. The second kappa shape index (κ2) is 9.56. The summed E-state index contributed by atoms with van der Waals surface area (Å²) in [5, 5.41) is 3.64. The number of amides is 2. The van der Waals surface area contributed by atoms with Crippen molar-refractivity contribution in [2.45, 2.75) is 6.42 Å². The van der Waals surface area contributed by atoms with Crippen LogP contribution in [0, 0.1) is 0 Å². The first kappa shape index (κ1) is 21.5. The Hall–Kier alpha value is -3.16. The third-order valence-corrected chi connectivity index (χ3v) is 4.87. The Balaban J connectivity index is 0.00000256. The van der Waals surface area contributed by atoms with Crippen LogP contribution in [0.2, 0.25) is 0 Å². The minimum atomic E-state index is -0.273. The zero-order chi connectivity index (χ0) is 20.2. The van der Waals surface area contributed by atoms with Crippen molar-refractivity contribution >= 4 is 46.5 Å². The molecule has 30 heavy (non-hydrogen) atoms. The number of nitrogens with two attached hydrogens (primary N) is 1. The number of pyridine rings is 1. The Labute approximate surface area is 180 Å². The molecule has 3 N–H and O–H groups in total. The van der Waals surface area contributed by atoms with E-state index in [-0.39, 0.29) is 24.2 Å². The Morgan fingerprint density at radius 1 is 1.00 bits per heavy atom. The number of nitrogens with one attached hydrogen (secondary N) is 1. The number of carbonyl (C=O) groups is 2. The molecule has 1 aliphatic heterocycles. The molecule has 1 fully saturated rings. The van der Waals surface area contributed by atoms with E-state index in [1.54, 1.807) is 47.4 Å². The van der Waals surface area contributed by atoms with Gasteiger partial charge in [-0.15, -0.1) is 12.4 Å². The summed E-state index contributed by atoms with van der Waals surface area (Å²) in [6.07, 6.45) is 2.37. The van der Waals surface area contributed by atoms with Gasteiger partial charge in [0.05, 0.1) is 17.7 Å². The highest BCUT2D eigenvalue weighted by Gasteiger charge is 2.17. The first-order valence-corrected chi connectivity index (χ1v) is 9.54. The largest absolute Gasteiger partial charge is 0.399 e. The number of hydrogen-bond donors (Lipinski definition) is 2. The number of aromatic nitrogens is 1. The van der Waals surface area contributed by atoms with Gasteiger partial charge in [0.1, 0.15) is 0 Å². The molecule has 0 aliphatic carbocycles. The van der Waals surface area contributed by atoms with Crippen LogP contribution in [0.5, 0.6) is 0 Å². The van der Waals surface area contributed by atoms with Crippen LogP contribution >= 0.6 is 12.4 Å². The highest BCUT2D eigenvalue weighted by atomic mass is 35.5. The van der Waals surface area contributed by atoms with Gasteiger partial charge in [-0.2, -0.15) is 0 Å². The summed E-state index contributed by atoms with van der Waals surface area (Å²) >= 11 is 0. The number of nitrogen functional groups attached to an aromatic ring is 1. The van der Waals surface area contributed by atoms with E-state index in [2.05, 4.69) is 10.3 Å². The van der Waals surface area contributed by atoms with Crippen LogP contribution in [0.15, 0.2) is 54.7 Å². The fourth-order valence-corrected chi connectivity index (χ4v) is 3.31. The second-order valence-corrected chi connectivity index (χ2v) is 6.97. The molecule has 1 aliphatic rings. The monoisotopic (exact) mass is 426 g/mol. The molecule has 0 radical (unpaired) electrons. The van der Waals surface area contributed by atoms with Gasteiger partial charge in [0.25, 0.3) is 11.8 Å². The SMILES string of the molecule is Cl.Nc1ccc2ncc(C(=O)Nc3ccc(C(=O)N4CCCOCC4)cc3)cc2c1. The molecule has 0 bridgehead atoms. The first-order chi connectivity index (χ1) is 14.1. The molecule has 4 rings (SSSR count). The van der Waals surface area contributed by atoms with Crippen molar-refractivity contribution in [3.05, 3.63) is 65.9 Å². The van der Waals surface area contributed by atoms with E-state index in [9.17, 15) is 9.59 Å². The molecule has 1 saturated heterocycles. The van der Waals surface area contributed by atoms with Gasteiger partial charge in [-0.1, -0.05) is 0 Å². The van der Waals surface area contributed by atoms with Crippen LogP contribution in [0.25, 0.3) is 10.9 Å². The number of halogens is 1. The average molecular weight is 427 g/mol. The van der Waals surface area contributed by atoms with Gasteiger partial charge >= 0.3 is 0 Å². The van der Waals surface area contributed by atoms with E-state index in [1.807, 2.05) is 6.07 Å². The summed E-state index contributed by atoms with van der Waals surface area (Å²) in [4.78, 5) is 31.3. The molecular weight excluding hydrogens is 404 g/mol. The van der Waals surface area contributed by atoms with E-state index < -0.39 is 0 Å². The fraction of sp³-hybridized carbons (Fsp3) is 0.227. The molecule has 2 amide bonds. The van der Waals surface area contributed by atoms with Gasteiger partial charge in [-0.25, -0.2) is 0 Å². The number of nitrogens with zero attached hydrogens (tertiary/aromatic N) is 2. The van der Waals surface area contributed by atoms with Crippen molar-refractivity contribution in [2.75, 3.05) is 37.4 Å². The smallest absolute Gasteiger partial charge is 0.257 e. The van der Waals surface area contributed by atoms with Crippen molar-refractivity contribution < 1.29 is 14.3 Å². The summed E-state index contributed by atoms with van der Waals surface area (Å²) in [6.45, 7) is 2.53. The van der Waals surface area contributed by atoms with Crippen LogP contribution in [0.4, 0.5) is 11.4 Å². The van der Waals surface area contributed by atoms with Crippen LogP contribution in [0.1, 0.15) is 27.1 Å². The Morgan fingerprint density at radius 3 is 2.60 bits per heavy atom. The topological polar surface area (TPSA) is 97.5 Å². The summed E-state index contributed by atoms with van der Waals surface area (Å²) in [6, 6.07) is 14.0. The number of ether oxygens (including phenoxy) is 1. The number of carbonyl (C=O) groups excluding carboxylic acids is 2. The van der Waals surface area contributed by atoms with E-state index >= 15 is 0 Å². The third kappa shape index (κ3) is 4.87. The van der Waals surface area contributed by atoms with Crippen molar-refractivity contribution in [3.63, 3.8) is 0 Å². The summed E-state index contributed by atoms with van der Waals surface area (Å²) in [5.41, 5.74) is 8.84. The lowest BCUT2D eigenvalue weighted by atomic mass is 10.1. The van der Waals surface area contributed by atoms with Crippen molar-refractivity contribution in [1.29, 1.82) is 0 Å². The first-order valence-electron chi connectivity index (χ1n) is 9.54. The number of hydrogen-bond acceptors (Lipinski definition) is 5. The minimum absolute atomic E-state index is 0. The number of rotatable bonds is 3. The zero-order valence-electron chi connectivity index (χ0n) is 16.3. The molecule has 0 unspecified atom stereocenters. The van der Waals surface area contributed by atoms with E-state index in [4.69, 9.17) is 10.5 Å². The highest BCUT2D eigenvalue weighted by Crippen LogP contribution is 2.18. The molecule has 1 aromatic heterocycles. The molecule has 2 heterocycles. The average Bonchev–Trinajstić information content (AvgIpc) is 3.03. The Bertz CT molecular complexity index is 1050. The standard InChI is InChI=1S/C22H22N4O3.ClH/c23-18-4-7-20-16(13-18)12-17(14-24-20)21(27)25-19-5-2-15(3-6-19)22(28)26-8-1-10-29-11-9-26;/h2-7,12-14H,1,8-11,23H2,(H,25,27);1H. The lowest BCUT2D eigenvalue weighted by Gasteiger charge is -2.19. The Morgan fingerprint density at radius 2 is 1.80 bits per heavy atom. The zero-order valence-corrected chi connectivity index (χ0v) is 17.2. The normalized spacial score (nSPS) is 13.9. The summed E-state index contributed by atoms with van der Waals surface area (Å²) < 4.78 is 5.40. The maximum Gasteiger partial charge on any atom is 0.257 e. The van der Waals surface area contributed by atoms with Gasteiger partial charge in [-0.05, 0) is 55.0 Å². The minimum Gasteiger partial charge on any atom is -0.399 e. The maximum atomic E-state index is 12.6. The molecule has 3 aromatic rings. The number of fused-ring (bicyclic) bond motifs is 1. The van der Waals surface area contributed by atoms with Crippen LogP contribution in [-0.4, -0.2) is 48.0 Å². The van der Waals surface area contributed by atoms with Gasteiger partial charge in [0.15, 0.2) is 0 Å². The molecule has 156 valence electrons. The number of benzene rings is 2. The molecule has 2 aromatic carbocycles. The molecule has 0 saturated carbocycles. The molecule has 7 nitrogen and oxygen atoms in total. The second-order valence-electron chi connectivity index (χ2n) is 6.97. The quantitative estimate of drug-likeness (QED) is 0.626. The van der Waals surface area contributed by atoms with Gasteiger partial charge in [0, 0.05) is 48.2 Å². The molecule has 0 atom stereocenters. The van der Waals surface area contributed by atoms with Crippen molar-refractivity contribution in [3.8, 4) is 0 Å². The molecule has 8 heteroatoms. The van der Waals surface area contributed by atoms with Crippen molar-refractivity contribution in [2.24, 2.45) is 0 Å². The van der Waals surface area contributed by atoms with Crippen LogP contribution in [0.3, 0.4) is 0 Å². The predicted octanol–water partition coefficient (Wildman–Crippen LogP) is 3.35. The molecule has 0 spiro atoms. The summed E-state index contributed by atoms with van der Waals surface area (Å²) in [5.74, 6) is -0.296. The van der Waals surface area contributed by atoms with E-state index in [0.29, 0.717) is 48.8 Å². The fourth-order valence-electron chi connectivity index (χ4n) is 3.31. The maximum absolute atomic E-state index is 12.6. The number of anilines is 2.